The lowest BCUT2D eigenvalue weighted by molar-refractivity contribution is -0.141. The first-order valence-corrected chi connectivity index (χ1v) is 8.81. The number of halogens is 1. The molecule has 3 aromatic rings. The van der Waals surface area contributed by atoms with Crippen molar-refractivity contribution in [3.05, 3.63) is 86.0 Å². The van der Waals surface area contributed by atoms with Crippen LogP contribution in [0.1, 0.15) is 38.9 Å². The third-order valence-corrected chi connectivity index (χ3v) is 4.76. The number of aryl methyl sites for hydroxylation is 1. The second-order valence-corrected chi connectivity index (χ2v) is 6.73. The Morgan fingerprint density at radius 1 is 1.18 bits per heavy atom. The highest BCUT2D eigenvalue weighted by Crippen LogP contribution is 2.29. The SMILES string of the molecule is COC(=O)C(c1ccc(=O)[nH]n1)c1cc(C)c(C(=O)c2ccc(Cl)cc2)n1C. The lowest BCUT2D eigenvalue weighted by Crippen LogP contribution is -2.22. The molecule has 0 aliphatic rings. The van der Waals surface area contributed by atoms with Gasteiger partial charge in [0.15, 0.2) is 0 Å². The van der Waals surface area contributed by atoms with Gasteiger partial charge in [0, 0.05) is 29.4 Å². The van der Waals surface area contributed by atoms with E-state index in [2.05, 4.69) is 10.2 Å². The topological polar surface area (TPSA) is 94.1 Å². The number of hydrogen-bond donors (Lipinski definition) is 1. The number of ether oxygens (including phenoxy) is 1. The largest absolute Gasteiger partial charge is 0.468 e. The first-order chi connectivity index (χ1) is 13.3. The van der Waals surface area contributed by atoms with Gasteiger partial charge in [-0.1, -0.05) is 11.6 Å². The number of nitrogens with one attached hydrogen (secondary N) is 1. The third-order valence-electron chi connectivity index (χ3n) is 4.51. The highest BCUT2D eigenvalue weighted by molar-refractivity contribution is 6.30. The Bertz CT molecular complexity index is 1080. The molecule has 0 fully saturated rings. The number of carbonyl (C=O) groups excluding carboxylic acids is 2. The Labute approximate surface area is 165 Å². The van der Waals surface area contributed by atoms with E-state index in [1.165, 1.54) is 19.2 Å². The van der Waals surface area contributed by atoms with Crippen molar-refractivity contribution in [2.24, 2.45) is 7.05 Å². The Kier molecular flexibility index (Phi) is 5.46. The molecule has 1 unspecified atom stereocenters. The molecule has 0 radical (unpaired) electrons. The Hall–Kier alpha value is -3.19. The van der Waals surface area contributed by atoms with E-state index in [-0.39, 0.29) is 11.3 Å². The third kappa shape index (κ3) is 3.61. The standard InChI is InChI=1S/C20H18ClN3O4/c1-11-10-15(17(20(27)28-3)14-8-9-16(25)23-22-14)24(2)18(11)19(26)12-4-6-13(21)7-5-12/h4-10,17H,1-3H3,(H,23,25). The summed E-state index contributed by atoms with van der Waals surface area (Å²) >= 11 is 5.90. The van der Waals surface area contributed by atoms with Crippen LogP contribution in [0.15, 0.2) is 47.3 Å². The van der Waals surface area contributed by atoms with Crippen LogP contribution in [-0.4, -0.2) is 33.6 Å². The van der Waals surface area contributed by atoms with Crippen LogP contribution in [0.4, 0.5) is 0 Å². The van der Waals surface area contributed by atoms with Crippen molar-refractivity contribution < 1.29 is 14.3 Å². The zero-order valence-corrected chi connectivity index (χ0v) is 16.3. The van der Waals surface area contributed by atoms with E-state index in [4.69, 9.17) is 16.3 Å². The number of hydrogen-bond acceptors (Lipinski definition) is 5. The smallest absolute Gasteiger partial charge is 0.320 e. The van der Waals surface area contributed by atoms with Crippen LogP contribution in [0.3, 0.4) is 0 Å². The highest BCUT2D eigenvalue weighted by Gasteiger charge is 2.31. The number of H-pyrrole nitrogens is 1. The number of methoxy groups -OCH3 is 1. The van der Waals surface area contributed by atoms with Crippen LogP contribution in [0.25, 0.3) is 0 Å². The Balaban J connectivity index is 2.11. The minimum absolute atomic E-state index is 0.194. The molecule has 8 heteroatoms. The Morgan fingerprint density at radius 2 is 1.86 bits per heavy atom. The summed E-state index contributed by atoms with van der Waals surface area (Å²) in [4.78, 5) is 36.8. The molecule has 0 saturated heterocycles. The first kappa shape index (κ1) is 19.6. The van der Waals surface area contributed by atoms with Gasteiger partial charge in [-0.15, -0.1) is 0 Å². The number of benzene rings is 1. The summed E-state index contributed by atoms with van der Waals surface area (Å²) in [5.41, 5.74) is 2.09. The van der Waals surface area contributed by atoms with Crippen LogP contribution >= 0.6 is 11.6 Å². The number of aromatic amines is 1. The van der Waals surface area contributed by atoms with E-state index >= 15 is 0 Å². The molecular weight excluding hydrogens is 382 g/mol. The van der Waals surface area contributed by atoms with Crippen LogP contribution < -0.4 is 5.56 Å². The molecule has 1 atom stereocenters. The van der Waals surface area contributed by atoms with Gasteiger partial charge in [0.05, 0.1) is 18.5 Å². The summed E-state index contributed by atoms with van der Waals surface area (Å²) < 4.78 is 6.58. The van der Waals surface area contributed by atoms with Crippen LogP contribution in [0.5, 0.6) is 0 Å². The zero-order valence-electron chi connectivity index (χ0n) is 15.5. The normalized spacial score (nSPS) is 11.9. The molecule has 0 saturated carbocycles. The predicted molar refractivity (Wildman–Crippen MR) is 104 cm³/mol. The number of esters is 1. The molecule has 0 bridgehead atoms. The highest BCUT2D eigenvalue weighted by atomic mass is 35.5. The fourth-order valence-corrected chi connectivity index (χ4v) is 3.28. The van der Waals surface area contributed by atoms with Crippen molar-refractivity contribution in [2.75, 3.05) is 7.11 Å². The lowest BCUT2D eigenvalue weighted by Gasteiger charge is -2.16. The number of nitrogens with zero attached hydrogens (tertiary/aromatic N) is 2. The van der Waals surface area contributed by atoms with E-state index < -0.39 is 11.9 Å². The van der Waals surface area contributed by atoms with E-state index in [9.17, 15) is 14.4 Å². The van der Waals surface area contributed by atoms with Crippen LogP contribution in [0, 0.1) is 6.92 Å². The molecule has 2 aromatic heterocycles. The molecule has 3 rings (SSSR count). The molecule has 0 aliphatic carbocycles. The van der Waals surface area contributed by atoms with Crippen molar-refractivity contribution in [1.82, 2.24) is 14.8 Å². The Morgan fingerprint density at radius 3 is 2.43 bits per heavy atom. The average Bonchev–Trinajstić information content (AvgIpc) is 2.97. The molecule has 2 heterocycles. The molecule has 1 N–H and O–H groups in total. The molecule has 28 heavy (non-hydrogen) atoms. The van der Waals surface area contributed by atoms with Gasteiger partial charge in [0.2, 0.25) is 5.78 Å². The van der Waals surface area contributed by atoms with Gasteiger partial charge in [-0.2, -0.15) is 5.10 Å². The van der Waals surface area contributed by atoms with Crippen LogP contribution in [0.2, 0.25) is 5.02 Å². The zero-order chi connectivity index (χ0) is 20.4. The molecule has 0 spiro atoms. The molecule has 7 nitrogen and oxygen atoms in total. The van der Waals surface area contributed by atoms with Gasteiger partial charge in [0.25, 0.3) is 5.56 Å². The van der Waals surface area contributed by atoms with Crippen molar-refractivity contribution in [1.29, 1.82) is 0 Å². The van der Waals surface area contributed by atoms with E-state index in [1.807, 2.05) is 0 Å². The monoisotopic (exact) mass is 399 g/mol. The summed E-state index contributed by atoms with van der Waals surface area (Å²) in [6.45, 7) is 1.79. The van der Waals surface area contributed by atoms with Crippen molar-refractivity contribution in [3.8, 4) is 0 Å². The molecular formula is C20H18ClN3O4. The molecule has 0 amide bonds. The molecule has 1 aromatic carbocycles. The lowest BCUT2D eigenvalue weighted by atomic mass is 10.0. The number of aromatic nitrogens is 3. The summed E-state index contributed by atoms with van der Waals surface area (Å²) in [6, 6.07) is 11.1. The fraction of sp³-hybridized carbons (Fsp3) is 0.200. The quantitative estimate of drug-likeness (QED) is 0.525. The van der Waals surface area contributed by atoms with Crippen molar-refractivity contribution in [2.45, 2.75) is 12.8 Å². The first-order valence-electron chi connectivity index (χ1n) is 8.43. The maximum absolute atomic E-state index is 13.0. The fourth-order valence-electron chi connectivity index (χ4n) is 3.15. The molecule has 0 aliphatic heterocycles. The van der Waals surface area contributed by atoms with Gasteiger partial charge in [-0.3, -0.25) is 14.4 Å². The summed E-state index contributed by atoms with van der Waals surface area (Å²) in [5.74, 6) is -1.64. The summed E-state index contributed by atoms with van der Waals surface area (Å²) in [7, 11) is 2.98. The van der Waals surface area contributed by atoms with Gasteiger partial charge in [-0.25, -0.2) is 5.10 Å². The number of carbonyl (C=O) groups is 2. The van der Waals surface area contributed by atoms with Gasteiger partial charge < -0.3 is 9.30 Å². The minimum atomic E-state index is -0.891. The van der Waals surface area contributed by atoms with E-state index in [1.54, 1.807) is 48.9 Å². The number of ketones is 1. The maximum atomic E-state index is 13.0. The van der Waals surface area contributed by atoms with Crippen molar-refractivity contribution >= 4 is 23.4 Å². The van der Waals surface area contributed by atoms with Gasteiger partial charge in [0.1, 0.15) is 5.92 Å². The van der Waals surface area contributed by atoms with Crippen LogP contribution in [-0.2, 0) is 16.6 Å². The second kappa shape index (κ2) is 7.82. The van der Waals surface area contributed by atoms with Gasteiger partial charge >= 0.3 is 5.97 Å². The number of rotatable bonds is 5. The van der Waals surface area contributed by atoms with Crippen molar-refractivity contribution in [3.63, 3.8) is 0 Å². The predicted octanol–water partition coefficient (Wildman–Crippen LogP) is 2.61. The average molecular weight is 400 g/mol. The summed E-state index contributed by atoms with van der Waals surface area (Å²) in [5, 5.41) is 6.83. The van der Waals surface area contributed by atoms with E-state index in [0.717, 1.165) is 0 Å². The van der Waals surface area contributed by atoms with E-state index in [0.29, 0.717) is 33.2 Å². The minimum Gasteiger partial charge on any atom is -0.468 e. The van der Waals surface area contributed by atoms with Gasteiger partial charge in [-0.05, 0) is 48.9 Å². The maximum Gasteiger partial charge on any atom is 0.320 e. The second-order valence-electron chi connectivity index (χ2n) is 6.30. The molecule has 144 valence electrons. The summed E-state index contributed by atoms with van der Waals surface area (Å²) in [6.07, 6.45) is 0.